The summed E-state index contributed by atoms with van der Waals surface area (Å²) in [4.78, 5) is 0. The van der Waals surface area contributed by atoms with Gasteiger partial charge in [0, 0.05) is 12.1 Å². The molecule has 0 aliphatic carbocycles. The molecule has 1 aliphatic rings. The first kappa shape index (κ1) is 15.1. The molecule has 0 spiro atoms. The van der Waals surface area contributed by atoms with Crippen LogP contribution in [0.15, 0.2) is 18.2 Å². The number of nitrogens with one attached hydrogen (secondary N) is 1. The lowest BCUT2D eigenvalue weighted by molar-refractivity contribution is 0.117. The number of hydrogen-bond acceptors (Lipinski definition) is 5. The van der Waals surface area contributed by atoms with Crippen LogP contribution in [0.5, 0.6) is 11.5 Å². The van der Waals surface area contributed by atoms with E-state index in [2.05, 4.69) is 5.32 Å². The molecule has 3 N–H and O–H groups in total. The molecule has 1 aliphatic heterocycles. The van der Waals surface area contributed by atoms with E-state index in [0.29, 0.717) is 19.0 Å². The molecule has 0 saturated heterocycles. The maximum Gasteiger partial charge on any atom is 0.161 e. The van der Waals surface area contributed by atoms with Crippen molar-refractivity contribution in [3.63, 3.8) is 0 Å². The minimum absolute atomic E-state index is 0.00291. The van der Waals surface area contributed by atoms with Crippen LogP contribution in [0.3, 0.4) is 0 Å². The Labute approximate surface area is 119 Å². The molecular formula is C15H23NO4. The molecule has 0 radical (unpaired) electrons. The van der Waals surface area contributed by atoms with Gasteiger partial charge >= 0.3 is 0 Å². The molecule has 0 saturated carbocycles. The number of ether oxygens (including phenoxy) is 2. The van der Waals surface area contributed by atoms with Gasteiger partial charge in [0.1, 0.15) is 13.2 Å². The molecule has 5 nitrogen and oxygen atoms in total. The number of rotatable bonds is 6. The summed E-state index contributed by atoms with van der Waals surface area (Å²) in [5.41, 5.74) is 0.780. The van der Waals surface area contributed by atoms with Crippen molar-refractivity contribution in [3.05, 3.63) is 23.8 Å². The van der Waals surface area contributed by atoms with Crippen molar-refractivity contribution in [1.29, 1.82) is 0 Å². The Morgan fingerprint density at radius 3 is 2.60 bits per heavy atom. The molecule has 1 aromatic carbocycles. The number of hydrogen-bond donors (Lipinski definition) is 3. The van der Waals surface area contributed by atoms with Gasteiger partial charge in [-0.15, -0.1) is 0 Å². The van der Waals surface area contributed by atoms with E-state index < -0.39 is 6.10 Å². The molecule has 20 heavy (non-hydrogen) atoms. The monoisotopic (exact) mass is 281 g/mol. The van der Waals surface area contributed by atoms with Crippen molar-refractivity contribution in [2.24, 2.45) is 0 Å². The van der Waals surface area contributed by atoms with Crippen molar-refractivity contribution in [1.82, 2.24) is 5.32 Å². The van der Waals surface area contributed by atoms with E-state index >= 15 is 0 Å². The highest BCUT2D eigenvalue weighted by atomic mass is 16.6. The van der Waals surface area contributed by atoms with Crippen molar-refractivity contribution >= 4 is 0 Å². The quantitative estimate of drug-likeness (QED) is 0.732. The van der Waals surface area contributed by atoms with Crippen molar-refractivity contribution in [2.75, 3.05) is 19.8 Å². The predicted molar refractivity (Wildman–Crippen MR) is 76.2 cm³/mol. The average molecular weight is 281 g/mol. The lowest BCUT2D eigenvalue weighted by atomic mass is 10.0. The number of benzene rings is 1. The van der Waals surface area contributed by atoms with Crippen LogP contribution >= 0.6 is 0 Å². The summed E-state index contributed by atoms with van der Waals surface area (Å²) in [6.07, 6.45) is 0.153. The van der Waals surface area contributed by atoms with E-state index in [1.807, 2.05) is 32.0 Å². The Kier molecular flexibility index (Phi) is 5.23. The van der Waals surface area contributed by atoms with E-state index in [0.717, 1.165) is 17.7 Å². The van der Waals surface area contributed by atoms with E-state index in [9.17, 15) is 10.2 Å². The molecule has 112 valence electrons. The highest BCUT2D eigenvalue weighted by molar-refractivity contribution is 5.44. The van der Waals surface area contributed by atoms with E-state index in [1.165, 1.54) is 0 Å². The molecule has 0 bridgehead atoms. The zero-order valence-electron chi connectivity index (χ0n) is 12.0. The van der Waals surface area contributed by atoms with Crippen molar-refractivity contribution < 1.29 is 19.7 Å². The average Bonchev–Trinajstić information content (AvgIpc) is 2.51. The van der Waals surface area contributed by atoms with Gasteiger partial charge in [0.25, 0.3) is 0 Å². The second kappa shape index (κ2) is 6.92. The zero-order chi connectivity index (χ0) is 14.5. The largest absolute Gasteiger partial charge is 0.486 e. The van der Waals surface area contributed by atoms with Crippen LogP contribution in [-0.4, -0.2) is 42.1 Å². The second-order valence-electron chi connectivity index (χ2n) is 5.09. The van der Waals surface area contributed by atoms with Gasteiger partial charge in [-0.1, -0.05) is 13.0 Å². The van der Waals surface area contributed by atoms with E-state index in [-0.39, 0.29) is 18.7 Å². The minimum Gasteiger partial charge on any atom is -0.486 e. The van der Waals surface area contributed by atoms with Gasteiger partial charge in [-0.25, -0.2) is 0 Å². The molecule has 5 heteroatoms. The summed E-state index contributed by atoms with van der Waals surface area (Å²) in [6.45, 7) is 5.05. The molecular weight excluding hydrogens is 258 g/mol. The van der Waals surface area contributed by atoms with Crippen LogP contribution in [0.4, 0.5) is 0 Å². The smallest absolute Gasteiger partial charge is 0.161 e. The SMILES string of the molecule is CCC(CO)NC(C)C(O)c1ccc2c(c1)OCCO2. The zero-order valence-corrected chi connectivity index (χ0v) is 12.0. The Balaban J connectivity index is 2.06. The number of fused-ring (bicyclic) bond motifs is 1. The number of aliphatic hydroxyl groups is 2. The number of aliphatic hydroxyl groups excluding tert-OH is 2. The van der Waals surface area contributed by atoms with Gasteiger partial charge in [0.2, 0.25) is 0 Å². The van der Waals surface area contributed by atoms with Crippen LogP contribution in [0.1, 0.15) is 31.9 Å². The Bertz CT molecular complexity index is 434. The van der Waals surface area contributed by atoms with Crippen LogP contribution in [0, 0.1) is 0 Å². The van der Waals surface area contributed by atoms with Crippen LogP contribution in [-0.2, 0) is 0 Å². The molecule has 1 heterocycles. The fraction of sp³-hybridized carbons (Fsp3) is 0.600. The second-order valence-corrected chi connectivity index (χ2v) is 5.09. The first-order chi connectivity index (χ1) is 9.65. The molecule has 0 aromatic heterocycles. The Hall–Kier alpha value is -1.30. The summed E-state index contributed by atoms with van der Waals surface area (Å²) < 4.78 is 11.0. The summed E-state index contributed by atoms with van der Waals surface area (Å²) >= 11 is 0. The Morgan fingerprint density at radius 2 is 1.95 bits per heavy atom. The third-order valence-corrected chi connectivity index (χ3v) is 3.59. The van der Waals surface area contributed by atoms with Crippen LogP contribution < -0.4 is 14.8 Å². The summed E-state index contributed by atoms with van der Waals surface area (Å²) in [7, 11) is 0. The third-order valence-electron chi connectivity index (χ3n) is 3.59. The van der Waals surface area contributed by atoms with Crippen LogP contribution in [0.25, 0.3) is 0 Å². The normalized spacial score (nSPS) is 18.4. The maximum absolute atomic E-state index is 10.4. The molecule has 2 rings (SSSR count). The minimum atomic E-state index is -0.661. The molecule has 1 aromatic rings. The first-order valence-corrected chi connectivity index (χ1v) is 7.10. The van der Waals surface area contributed by atoms with Gasteiger partial charge < -0.3 is 25.0 Å². The standard InChI is InChI=1S/C15H23NO4/c1-3-12(9-17)16-10(2)15(18)11-4-5-13-14(8-11)20-7-6-19-13/h4-5,8,10,12,15-18H,3,6-7,9H2,1-2H3. The van der Waals surface area contributed by atoms with Gasteiger partial charge in [0.15, 0.2) is 11.5 Å². The summed E-state index contributed by atoms with van der Waals surface area (Å²) in [5.74, 6) is 1.39. The van der Waals surface area contributed by atoms with Crippen LogP contribution in [0.2, 0.25) is 0 Å². The molecule has 0 amide bonds. The summed E-state index contributed by atoms with van der Waals surface area (Å²) in [6, 6.07) is 5.32. The summed E-state index contributed by atoms with van der Waals surface area (Å²) in [5, 5.41) is 22.8. The van der Waals surface area contributed by atoms with Crippen molar-refractivity contribution in [2.45, 2.75) is 38.5 Å². The van der Waals surface area contributed by atoms with Crippen molar-refractivity contribution in [3.8, 4) is 11.5 Å². The van der Waals surface area contributed by atoms with E-state index in [4.69, 9.17) is 9.47 Å². The molecule has 0 fully saturated rings. The Morgan fingerprint density at radius 1 is 1.25 bits per heavy atom. The highest BCUT2D eigenvalue weighted by Gasteiger charge is 2.21. The van der Waals surface area contributed by atoms with Gasteiger partial charge in [-0.2, -0.15) is 0 Å². The fourth-order valence-electron chi connectivity index (χ4n) is 2.30. The highest BCUT2D eigenvalue weighted by Crippen LogP contribution is 2.33. The first-order valence-electron chi connectivity index (χ1n) is 7.10. The predicted octanol–water partition coefficient (Wildman–Crippen LogP) is 1.24. The maximum atomic E-state index is 10.4. The van der Waals surface area contributed by atoms with Gasteiger partial charge in [-0.05, 0) is 31.0 Å². The lowest BCUT2D eigenvalue weighted by Gasteiger charge is -2.26. The van der Waals surface area contributed by atoms with Gasteiger partial charge in [0.05, 0.1) is 12.7 Å². The fourth-order valence-corrected chi connectivity index (χ4v) is 2.30. The molecule has 3 atom stereocenters. The lowest BCUT2D eigenvalue weighted by Crippen LogP contribution is -2.41. The van der Waals surface area contributed by atoms with E-state index in [1.54, 1.807) is 0 Å². The third kappa shape index (κ3) is 3.42. The topological polar surface area (TPSA) is 71.0 Å². The van der Waals surface area contributed by atoms with Gasteiger partial charge in [-0.3, -0.25) is 0 Å². The molecule has 3 unspecified atom stereocenters.